The SMILES string of the molecule is CC1(c2ccccc2)c2ccccc2-c2cc(-c3ccc4c(c3)-c3cccc5cccc(c35)O4)ccc21. The summed E-state index contributed by atoms with van der Waals surface area (Å²) in [7, 11) is 0. The molecule has 0 spiro atoms. The molecule has 1 heteroatoms. The lowest BCUT2D eigenvalue weighted by atomic mass is 9.74. The van der Waals surface area contributed by atoms with Crippen molar-refractivity contribution in [3.05, 3.63) is 144 Å². The summed E-state index contributed by atoms with van der Waals surface area (Å²) in [6.07, 6.45) is 0. The van der Waals surface area contributed by atoms with Crippen LogP contribution in [0, 0.1) is 0 Å². The van der Waals surface area contributed by atoms with Crippen LogP contribution in [0.2, 0.25) is 0 Å². The van der Waals surface area contributed by atoms with Gasteiger partial charge < -0.3 is 4.74 Å². The first-order chi connectivity index (χ1) is 18.2. The maximum absolute atomic E-state index is 6.34. The van der Waals surface area contributed by atoms with E-state index in [0.717, 1.165) is 17.1 Å². The van der Waals surface area contributed by atoms with Gasteiger partial charge in [0, 0.05) is 16.4 Å². The van der Waals surface area contributed by atoms with Gasteiger partial charge in [0.15, 0.2) is 0 Å². The number of ether oxygens (including phenoxy) is 1. The molecule has 6 aromatic rings. The molecule has 0 amide bonds. The summed E-state index contributed by atoms with van der Waals surface area (Å²) in [6.45, 7) is 2.36. The van der Waals surface area contributed by atoms with Crippen molar-refractivity contribution in [3.63, 3.8) is 0 Å². The minimum absolute atomic E-state index is 0.172. The molecule has 2 aliphatic rings. The second-order valence-corrected chi connectivity index (χ2v) is 10.3. The van der Waals surface area contributed by atoms with E-state index >= 15 is 0 Å². The first kappa shape index (κ1) is 20.6. The molecule has 1 aliphatic carbocycles. The van der Waals surface area contributed by atoms with Crippen molar-refractivity contribution in [1.29, 1.82) is 0 Å². The summed E-state index contributed by atoms with van der Waals surface area (Å²) in [5, 5.41) is 2.40. The van der Waals surface area contributed by atoms with Gasteiger partial charge in [0.05, 0.1) is 0 Å². The molecule has 0 aromatic heterocycles. The Morgan fingerprint density at radius 2 is 1.16 bits per heavy atom. The summed E-state index contributed by atoms with van der Waals surface area (Å²) in [4.78, 5) is 0. The van der Waals surface area contributed by atoms with Crippen molar-refractivity contribution < 1.29 is 4.74 Å². The third-order valence-electron chi connectivity index (χ3n) is 8.35. The van der Waals surface area contributed by atoms with Gasteiger partial charge in [-0.05, 0) is 81.1 Å². The Labute approximate surface area is 216 Å². The van der Waals surface area contributed by atoms with Crippen LogP contribution in [0.5, 0.6) is 11.5 Å². The van der Waals surface area contributed by atoms with Crippen LogP contribution < -0.4 is 4.74 Å². The topological polar surface area (TPSA) is 9.23 Å². The first-order valence-corrected chi connectivity index (χ1v) is 12.9. The molecule has 0 saturated carbocycles. The van der Waals surface area contributed by atoms with Gasteiger partial charge in [0.1, 0.15) is 11.5 Å². The van der Waals surface area contributed by atoms with Crippen molar-refractivity contribution in [2.75, 3.05) is 0 Å². The second-order valence-electron chi connectivity index (χ2n) is 10.3. The fourth-order valence-electron chi connectivity index (χ4n) is 6.51. The van der Waals surface area contributed by atoms with Gasteiger partial charge in [-0.1, -0.05) is 103 Å². The Bertz CT molecular complexity index is 1860. The van der Waals surface area contributed by atoms with E-state index in [2.05, 4.69) is 134 Å². The van der Waals surface area contributed by atoms with Gasteiger partial charge in [0.2, 0.25) is 0 Å². The van der Waals surface area contributed by atoms with Gasteiger partial charge in [-0.15, -0.1) is 0 Å². The van der Waals surface area contributed by atoms with Crippen LogP contribution >= 0.6 is 0 Å². The molecule has 1 heterocycles. The van der Waals surface area contributed by atoms with Crippen LogP contribution in [-0.4, -0.2) is 0 Å². The zero-order chi connectivity index (χ0) is 24.6. The van der Waals surface area contributed by atoms with E-state index in [1.807, 2.05) is 0 Å². The van der Waals surface area contributed by atoms with E-state index in [4.69, 9.17) is 4.74 Å². The molecule has 1 unspecified atom stereocenters. The predicted octanol–water partition coefficient (Wildman–Crippen LogP) is 9.61. The first-order valence-electron chi connectivity index (χ1n) is 12.9. The normalized spacial score (nSPS) is 16.6. The molecule has 0 saturated heterocycles. The van der Waals surface area contributed by atoms with Crippen LogP contribution in [0.4, 0.5) is 0 Å². The Morgan fingerprint density at radius 1 is 0.486 bits per heavy atom. The van der Waals surface area contributed by atoms with E-state index in [1.165, 1.54) is 55.3 Å². The Morgan fingerprint density at radius 3 is 2.03 bits per heavy atom. The van der Waals surface area contributed by atoms with Gasteiger partial charge in [-0.25, -0.2) is 0 Å². The number of benzene rings is 6. The minimum atomic E-state index is -0.172. The van der Waals surface area contributed by atoms with Crippen molar-refractivity contribution in [1.82, 2.24) is 0 Å². The third kappa shape index (κ3) is 2.80. The smallest absolute Gasteiger partial charge is 0.135 e. The lowest BCUT2D eigenvalue weighted by Gasteiger charge is -2.28. The molecule has 0 bridgehead atoms. The van der Waals surface area contributed by atoms with Crippen molar-refractivity contribution in [2.24, 2.45) is 0 Å². The van der Waals surface area contributed by atoms with E-state index in [1.54, 1.807) is 0 Å². The molecule has 1 aliphatic heterocycles. The van der Waals surface area contributed by atoms with Crippen LogP contribution in [-0.2, 0) is 5.41 Å². The number of rotatable bonds is 2. The van der Waals surface area contributed by atoms with Gasteiger partial charge >= 0.3 is 0 Å². The molecule has 37 heavy (non-hydrogen) atoms. The number of fused-ring (bicyclic) bond motifs is 5. The summed E-state index contributed by atoms with van der Waals surface area (Å²) >= 11 is 0. The van der Waals surface area contributed by atoms with Gasteiger partial charge in [-0.2, -0.15) is 0 Å². The summed E-state index contributed by atoms with van der Waals surface area (Å²) in [6, 6.07) is 46.1. The van der Waals surface area contributed by atoms with Crippen LogP contribution in [0.3, 0.4) is 0 Å². The average Bonchev–Trinajstić information content (AvgIpc) is 3.22. The highest BCUT2D eigenvalue weighted by Crippen LogP contribution is 2.53. The van der Waals surface area contributed by atoms with Crippen molar-refractivity contribution >= 4 is 10.8 Å². The second kappa shape index (κ2) is 7.44. The molecular formula is C36H24O. The quantitative estimate of drug-likeness (QED) is 0.243. The standard InChI is InChI=1S/C36H24O/c1-36(26-11-3-2-4-12-26)31-15-6-5-13-27(31)29-21-24(17-19-32(29)36)25-18-20-33-30(22-25)28-14-7-9-23-10-8-16-34(37-33)35(23)28/h2-22H,1H3. The van der Waals surface area contributed by atoms with Crippen LogP contribution in [0.25, 0.3) is 44.2 Å². The Hall–Kier alpha value is -4.62. The third-order valence-corrected chi connectivity index (χ3v) is 8.35. The molecule has 6 aromatic carbocycles. The molecule has 8 rings (SSSR count). The summed E-state index contributed by atoms with van der Waals surface area (Å²) in [5.74, 6) is 1.85. The van der Waals surface area contributed by atoms with Crippen LogP contribution in [0.15, 0.2) is 127 Å². The number of hydrogen-bond acceptors (Lipinski definition) is 1. The molecule has 1 atom stereocenters. The van der Waals surface area contributed by atoms with Crippen molar-refractivity contribution in [3.8, 4) is 44.9 Å². The van der Waals surface area contributed by atoms with Crippen molar-refractivity contribution in [2.45, 2.75) is 12.3 Å². The highest BCUT2D eigenvalue weighted by atomic mass is 16.5. The Kier molecular flexibility index (Phi) is 4.14. The number of hydrogen-bond donors (Lipinski definition) is 0. The molecule has 0 fully saturated rings. The highest BCUT2D eigenvalue weighted by Gasteiger charge is 2.40. The summed E-state index contributed by atoms with van der Waals surface area (Å²) < 4.78 is 6.34. The maximum Gasteiger partial charge on any atom is 0.135 e. The van der Waals surface area contributed by atoms with Gasteiger partial charge in [-0.3, -0.25) is 0 Å². The van der Waals surface area contributed by atoms with E-state index in [9.17, 15) is 0 Å². The summed E-state index contributed by atoms with van der Waals surface area (Å²) in [5.41, 5.74) is 11.3. The minimum Gasteiger partial charge on any atom is -0.456 e. The average molecular weight is 473 g/mol. The van der Waals surface area contributed by atoms with Gasteiger partial charge in [0.25, 0.3) is 0 Å². The predicted molar refractivity (Wildman–Crippen MR) is 152 cm³/mol. The lowest BCUT2D eigenvalue weighted by molar-refractivity contribution is 0.487. The molecular weight excluding hydrogens is 448 g/mol. The maximum atomic E-state index is 6.34. The fourth-order valence-corrected chi connectivity index (χ4v) is 6.51. The monoisotopic (exact) mass is 472 g/mol. The van der Waals surface area contributed by atoms with E-state index < -0.39 is 0 Å². The van der Waals surface area contributed by atoms with Crippen LogP contribution in [0.1, 0.15) is 23.6 Å². The van der Waals surface area contributed by atoms with E-state index in [-0.39, 0.29) is 5.41 Å². The van der Waals surface area contributed by atoms with E-state index in [0.29, 0.717) is 0 Å². The zero-order valence-corrected chi connectivity index (χ0v) is 20.5. The Balaban J connectivity index is 1.31. The molecule has 0 N–H and O–H groups in total. The molecule has 1 nitrogen and oxygen atoms in total. The fraction of sp³-hybridized carbons (Fsp3) is 0.0556. The molecule has 174 valence electrons. The molecule has 0 radical (unpaired) electrons. The highest BCUT2D eigenvalue weighted by molar-refractivity contribution is 6.04. The lowest BCUT2D eigenvalue weighted by Crippen LogP contribution is -2.22. The zero-order valence-electron chi connectivity index (χ0n) is 20.5. The largest absolute Gasteiger partial charge is 0.456 e.